The summed E-state index contributed by atoms with van der Waals surface area (Å²) in [6.45, 7) is 2.95. The van der Waals surface area contributed by atoms with Gasteiger partial charge in [-0.1, -0.05) is 25.0 Å². The lowest BCUT2D eigenvalue weighted by Crippen LogP contribution is -2.32. The Labute approximate surface area is 132 Å². The summed E-state index contributed by atoms with van der Waals surface area (Å²) in [5, 5.41) is 0. The minimum atomic E-state index is 0.263. The number of hydrogen-bond donors (Lipinski definition) is 1. The summed E-state index contributed by atoms with van der Waals surface area (Å²) in [7, 11) is 0. The number of nitrogens with zero attached hydrogens (tertiary/aromatic N) is 1. The SMILES string of the molecule is NCCOc1ccc(CC(=O)N2CCC3(CCCC3)C2)cc1. The number of hydrogen-bond acceptors (Lipinski definition) is 3. The lowest BCUT2D eigenvalue weighted by Gasteiger charge is -2.23. The van der Waals surface area contributed by atoms with Gasteiger partial charge in [-0.25, -0.2) is 0 Å². The van der Waals surface area contributed by atoms with Crippen LogP contribution < -0.4 is 10.5 Å². The number of carbonyl (C=O) groups is 1. The van der Waals surface area contributed by atoms with Gasteiger partial charge in [0.05, 0.1) is 6.42 Å². The fraction of sp³-hybridized carbons (Fsp3) is 0.611. The van der Waals surface area contributed by atoms with E-state index in [-0.39, 0.29) is 5.91 Å². The summed E-state index contributed by atoms with van der Waals surface area (Å²) in [4.78, 5) is 14.6. The van der Waals surface area contributed by atoms with Gasteiger partial charge in [0.15, 0.2) is 0 Å². The van der Waals surface area contributed by atoms with Gasteiger partial charge in [0.25, 0.3) is 0 Å². The van der Waals surface area contributed by atoms with Crippen LogP contribution in [-0.2, 0) is 11.2 Å². The van der Waals surface area contributed by atoms with Crippen LogP contribution in [0.2, 0.25) is 0 Å². The second-order valence-corrected chi connectivity index (χ2v) is 6.73. The molecular formula is C18H26N2O2. The molecule has 2 fully saturated rings. The smallest absolute Gasteiger partial charge is 0.227 e. The second-order valence-electron chi connectivity index (χ2n) is 6.73. The van der Waals surface area contributed by atoms with Crippen LogP contribution in [0.25, 0.3) is 0 Å². The Balaban J connectivity index is 1.53. The molecular weight excluding hydrogens is 276 g/mol. The van der Waals surface area contributed by atoms with E-state index in [1.165, 1.54) is 32.1 Å². The molecule has 4 heteroatoms. The van der Waals surface area contributed by atoms with Crippen LogP contribution >= 0.6 is 0 Å². The van der Waals surface area contributed by atoms with Crippen molar-refractivity contribution in [1.29, 1.82) is 0 Å². The Kier molecular flexibility index (Phi) is 4.67. The average Bonchev–Trinajstić information content (AvgIpc) is 3.17. The number of rotatable bonds is 5. The number of benzene rings is 1. The third-order valence-corrected chi connectivity index (χ3v) is 5.12. The maximum Gasteiger partial charge on any atom is 0.227 e. The van der Waals surface area contributed by atoms with Crippen LogP contribution in [0.15, 0.2) is 24.3 Å². The second kappa shape index (κ2) is 6.69. The van der Waals surface area contributed by atoms with Gasteiger partial charge in [-0.15, -0.1) is 0 Å². The zero-order valence-corrected chi connectivity index (χ0v) is 13.2. The molecule has 1 heterocycles. The molecule has 1 saturated heterocycles. The van der Waals surface area contributed by atoms with Gasteiger partial charge in [0.2, 0.25) is 5.91 Å². The topological polar surface area (TPSA) is 55.6 Å². The maximum atomic E-state index is 12.5. The van der Waals surface area contributed by atoms with E-state index < -0.39 is 0 Å². The fourth-order valence-electron chi connectivity index (χ4n) is 3.85. The third-order valence-electron chi connectivity index (χ3n) is 5.12. The fourth-order valence-corrected chi connectivity index (χ4v) is 3.85. The molecule has 0 aromatic heterocycles. The highest BCUT2D eigenvalue weighted by Gasteiger charge is 2.41. The van der Waals surface area contributed by atoms with Crippen molar-refractivity contribution in [3.05, 3.63) is 29.8 Å². The molecule has 0 radical (unpaired) electrons. The molecule has 1 aromatic carbocycles. The predicted octanol–water partition coefficient (Wildman–Crippen LogP) is 2.36. The van der Waals surface area contributed by atoms with Gasteiger partial charge >= 0.3 is 0 Å². The first kappa shape index (κ1) is 15.3. The first-order valence-corrected chi connectivity index (χ1v) is 8.40. The highest BCUT2D eigenvalue weighted by atomic mass is 16.5. The molecule has 0 unspecified atom stereocenters. The van der Waals surface area contributed by atoms with Crippen molar-refractivity contribution in [2.24, 2.45) is 11.1 Å². The van der Waals surface area contributed by atoms with Gasteiger partial charge in [-0.3, -0.25) is 4.79 Å². The normalized spacial score (nSPS) is 19.8. The van der Waals surface area contributed by atoms with Crippen molar-refractivity contribution in [3.63, 3.8) is 0 Å². The molecule has 1 aromatic rings. The highest BCUT2D eigenvalue weighted by molar-refractivity contribution is 5.79. The Hall–Kier alpha value is -1.55. The molecule has 1 amide bonds. The van der Waals surface area contributed by atoms with Crippen LogP contribution in [0.5, 0.6) is 5.75 Å². The summed E-state index contributed by atoms with van der Waals surface area (Å²) in [5.74, 6) is 1.08. The lowest BCUT2D eigenvalue weighted by atomic mass is 9.86. The van der Waals surface area contributed by atoms with E-state index in [2.05, 4.69) is 4.90 Å². The van der Waals surface area contributed by atoms with E-state index in [9.17, 15) is 4.79 Å². The molecule has 2 aliphatic rings. The van der Waals surface area contributed by atoms with Crippen LogP contribution in [0.3, 0.4) is 0 Å². The van der Waals surface area contributed by atoms with Crippen molar-refractivity contribution in [3.8, 4) is 5.75 Å². The van der Waals surface area contributed by atoms with E-state index in [1.54, 1.807) is 0 Å². The molecule has 4 nitrogen and oxygen atoms in total. The highest BCUT2D eigenvalue weighted by Crippen LogP contribution is 2.45. The van der Waals surface area contributed by atoms with Crippen molar-refractivity contribution in [1.82, 2.24) is 4.90 Å². The van der Waals surface area contributed by atoms with E-state index >= 15 is 0 Å². The molecule has 0 atom stereocenters. The van der Waals surface area contributed by atoms with Gasteiger partial charge < -0.3 is 15.4 Å². The molecule has 1 spiro atoms. The summed E-state index contributed by atoms with van der Waals surface area (Å²) in [6, 6.07) is 7.79. The van der Waals surface area contributed by atoms with E-state index in [1.807, 2.05) is 24.3 Å². The zero-order chi connectivity index (χ0) is 15.4. The third kappa shape index (κ3) is 3.43. The van der Waals surface area contributed by atoms with Crippen LogP contribution in [0, 0.1) is 5.41 Å². The first-order chi connectivity index (χ1) is 10.7. The van der Waals surface area contributed by atoms with E-state index in [0.717, 1.165) is 24.4 Å². The summed E-state index contributed by atoms with van der Waals surface area (Å²) >= 11 is 0. The van der Waals surface area contributed by atoms with Crippen LogP contribution in [0.4, 0.5) is 0 Å². The molecule has 1 aliphatic heterocycles. The molecule has 3 rings (SSSR count). The average molecular weight is 302 g/mol. The van der Waals surface area contributed by atoms with Crippen molar-refractivity contribution < 1.29 is 9.53 Å². The molecule has 0 bridgehead atoms. The van der Waals surface area contributed by atoms with Crippen LogP contribution in [0.1, 0.15) is 37.7 Å². The van der Waals surface area contributed by atoms with Crippen molar-refractivity contribution >= 4 is 5.91 Å². The van der Waals surface area contributed by atoms with Gasteiger partial charge in [-0.05, 0) is 42.4 Å². The predicted molar refractivity (Wildman–Crippen MR) is 86.8 cm³/mol. The molecule has 1 aliphatic carbocycles. The molecule has 1 saturated carbocycles. The largest absolute Gasteiger partial charge is 0.492 e. The Morgan fingerprint density at radius 3 is 2.59 bits per heavy atom. The molecule has 22 heavy (non-hydrogen) atoms. The monoisotopic (exact) mass is 302 g/mol. The standard InChI is InChI=1S/C18H26N2O2/c19-10-12-22-16-5-3-15(4-6-16)13-17(21)20-11-9-18(14-20)7-1-2-8-18/h3-6H,1-2,7-14,19H2. The number of nitrogens with two attached hydrogens (primary N) is 1. The Bertz CT molecular complexity index is 506. The zero-order valence-electron chi connectivity index (χ0n) is 13.2. The Morgan fingerprint density at radius 1 is 1.18 bits per heavy atom. The summed E-state index contributed by atoms with van der Waals surface area (Å²) in [6.07, 6.45) is 6.99. The van der Waals surface area contributed by atoms with Gasteiger partial charge in [0, 0.05) is 19.6 Å². The number of amides is 1. The van der Waals surface area contributed by atoms with E-state index in [4.69, 9.17) is 10.5 Å². The maximum absolute atomic E-state index is 12.5. The van der Waals surface area contributed by atoms with Crippen LogP contribution in [-0.4, -0.2) is 37.0 Å². The first-order valence-electron chi connectivity index (χ1n) is 8.40. The van der Waals surface area contributed by atoms with Crippen molar-refractivity contribution in [2.75, 3.05) is 26.2 Å². The minimum Gasteiger partial charge on any atom is -0.492 e. The quantitative estimate of drug-likeness (QED) is 0.908. The number of carbonyl (C=O) groups excluding carboxylic acids is 1. The number of likely N-dealkylation sites (tertiary alicyclic amines) is 1. The molecule has 2 N–H and O–H groups in total. The van der Waals surface area contributed by atoms with Gasteiger partial charge in [0.1, 0.15) is 12.4 Å². The summed E-state index contributed by atoms with van der Waals surface area (Å²) < 4.78 is 5.46. The summed E-state index contributed by atoms with van der Waals surface area (Å²) in [5.41, 5.74) is 6.92. The lowest BCUT2D eigenvalue weighted by molar-refractivity contribution is -0.129. The minimum absolute atomic E-state index is 0.263. The Morgan fingerprint density at radius 2 is 1.91 bits per heavy atom. The van der Waals surface area contributed by atoms with Crippen molar-refractivity contribution in [2.45, 2.75) is 38.5 Å². The van der Waals surface area contributed by atoms with E-state index in [0.29, 0.717) is 25.0 Å². The molecule has 120 valence electrons. The van der Waals surface area contributed by atoms with Gasteiger partial charge in [-0.2, -0.15) is 0 Å². The number of ether oxygens (including phenoxy) is 1.